The third-order valence-electron chi connectivity index (χ3n) is 5.55. The Labute approximate surface area is 189 Å². The van der Waals surface area contributed by atoms with Gasteiger partial charge in [0.15, 0.2) is 0 Å². The second kappa shape index (κ2) is 9.55. The van der Waals surface area contributed by atoms with Crippen LogP contribution in [0.25, 0.3) is 11.4 Å². The van der Waals surface area contributed by atoms with Crippen LogP contribution in [0.1, 0.15) is 12.8 Å². The Bertz CT molecular complexity index is 1140. The largest absolute Gasteiger partial charge is 0.497 e. The molecule has 0 aliphatic carbocycles. The minimum Gasteiger partial charge on any atom is -0.497 e. The van der Waals surface area contributed by atoms with Crippen molar-refractivity contribution in [3.05, 3.63) is 52.6 Å². The SMILES string of the molecule is COc1ccc(-c2noc(N3CCC(C(=O)Nc4cc([N+](=O)[O-])ccc4OC)CC3)n2)cc1. The second-order valence-electron chi connectivity index (χ2n) is 7.52. The molecule has 11 heteroatoms. The summed E-state index contributed by atoms with van der Waals surface area (Å²) in [6.07, 6.45) is 1.15. The number of ether oxygens (including phenoxy) is 2. The fourth-order valence-corrected chi connectivity index (χ4v) is 3.68. The zero-order valence-corrected chi connectivity index (χ0v) is 18.2. The Morgan fingerprint density at radius 1 is 1.15 bits per heavy atom. The molecule has 0 radical (unpaired) electrons. The number of rotatable bonds is 7. The molecule has 0 spiro atoms. The molecule has 11 nitrogen and oxygen atoms in total. The van der Waals surface area contributed by atoms with Crippen LogP contribution < -0.4 is 19.7 Å². The maximum atomic E-state index is 12.8. The summed E-state index contributed by atoms with van der Waals surface area (Å²) in [6, 6.07) is 11.9. The van der Waals surface area contributed by atoms with E-state index in [1.54, 1.807) is 7.11 Å². The van der Waals surface area contributed by atoms with E-state index < -0.39 is 4.92 Å². The highest BCUT2D eigenvalue weighted by molar-refractivity contribution is 5.94. The van der Waals surface area contributed by atoms with Gasteiger partial charge in [0, 0.05) is 36.7 Å². The summed E-state index contributed by atoms with van der Waals surface area (Å²) >= 11 is 0. The lowest BCUT2D eigenvalue weighted by molar-refractivity contribution is -0.384. The van der Waals surface area contributed by atoms with Crippen molar-refractivity contribution in [1.82, 2.24) is 10.1 Å². The number of piperidine rings is 1. The molecule has 0 bridgehead atoms. The fraction of sp³-hybridized carbons (Fsp3) is 0.318. The molecule has 4 rings (SSSR count). The number of anilines is 2. The molecule has 3 aromatic rings. The number of aromatic nitrogens is 2. The molecule has 2 heterocycles. The smallest absolute Gasteiger partial charge is 0.324 e. The molecule has 1 saturated heterocycles. The van der Waals surface area contributed by atoms with E-state index in [1.807, 2.05) is 29.2 Å². The molecular formula is C22H23N5O6. The number of nitrogens with zero attached hydrogens (tertiary/aromatic N) is 4. The van der Waals surface area contributed by atoms with Crippen LogP contribution in [-0.4, -0.2) is 48.3 Å². The van der Waals surface area contributed by atoms with Gasteiger partial charge < -0.3 is 24.2 Å². The first-order valence-corrected chi connectivity index (χ1v) is 10.3. The van der Waals surface area contributed by atoms with Crippen LogP contribution in [0.3, 0.4) is 0 Å². The summed E-state index contributed by atoms with van der Waals surface area (Å²) in [4.78, 5) is 29.7. The maximum Gasteiger partial charge on any atom is 0.324 e. The third-order valence-corrected chi connectivity index (χ3v) is 5.55. The average Bonchev–Trinajstić information content (AvgIpc) is 3.34. The predicted molar refractivity (Wildman–Crippen MR) is 120 cm³/mol. The van der Waals surface area contributed by atoms with Crippen molar-refractivity contribution in [2.75, 3.05) is 37.5 Å². The standard InChI is InChI=1S/C22H23N5O6/c1-31-17-6-3-14(4-7-17)20-24-22(33-25-20)26-11-9-15(10-12-26)21(28)23-18-13-16(27(29)30)5-8-19(18)32-2/h3-8,13,15H,9-12H2,1-2H3,(H,23,28). The van der Waals surface area contributed by atoms with Gasteiger partial charge in [-0.2, -0.15) is 4.98 Å². The molecule has 1 fully saturated rings. The number of hydrogen-bond acceptors (Lipinski definition) is 9. The molecular weight excluding hydrogens is 430 g/mol. The highest BCUT2D eigenvalue weighted by atomic mass is 16.6. The predicted octanol–water partition coefficient (Wildman–Crippen LogP) is 3.52. The molecule has 1 amide bonds. The number of carbonyl (C=O) groups is 1. The van der Waals surface area contributed by atoms with E-state index in [0.29, 0.717) is 43.5 Å². The lowest BCUT2D eigenvalue weighted by Gasteiger charge is -2.29. The summed E-state index contributed by atoms with van der Waals surface area (Å²) in [7, 11) is 3.05. The van der Waals surface area contributed by atoms with Gasteiger partial charge in [-0.1, -0.05) is 5.16 Å². The number of hydrogen-bond donors (Lipinski definition) is 1. The Morgan fingerprint density at radius 2 is 1.88 bits per heavy atom. The van der Waals surface area contributed by atoms with Gasteiger partial charge in [0.05, 0.1) is 24.8 Å². The van der Waals surface area contributed by atoms with Crippen molar-refractivity contribution >= 4 is 23.3 Å². The van der Waals surface area contributed by atoms with E-state index >= 15 is 0 Å². The lowest BCUT2D eigenvalue weighted by Crippen LogP contribution is -2.38. The summed E-state index contributed by atoms with van der Waals surface area (Å²) in [6.45, 7) is 1.13. The molecule has 2 aromatic carbocycles. The highest BCUT2D eigenvalue weighted by Gasteiger charge is 2.28. The molecule has 1 aromatic heterocycles. The van der Waals surface area contributed by atoms with Gasteiger partial charge >= 0.3 is 6.01 Å². The van der Waals surface area contributed by atoms with Gasteiger partial charge in [0.2, 0.25) is 11.7 Å². The number of methoxy groups -OCH3 is 2. The van der Waals surface area contributed by atoms with Crippen molar-refractivity contribution in [3.8, 4) is 22.9 Å². The van der Waals surface area contributed by atoms with E-state index in [-0.39, 0.29) is 23.2 Å². The van der Waals surface area contributed by atoms with Crippen molar-refractivity contribution in [2.24, 2.45) is 5.92 Å². The number of amides is 1. The molecule has 0 atom stereocenters. The maximum absolute atomic E-state index is 12.8. The summed E-state index contributed by atoms with van der Waals surface area (Å²) in [5.74, 6) is 1.12. The Hall–Kier alpha value is -4.15. The lowest BCUT2D eigenvalue weighted by atomic mass is 9.96. The van der Waals surface area contributed by atoms with Crippen molar-refractivity contribution in [3.63, 3.8) is 0 Å². The second-order valence-corrected chi connectivity index (χ2v) is 7.52. The molecule has 0 saturated carbocycles. The fourth-order valence-electron chi connectivity index (χ4n) is 3.68. The number of nitrogens with one attached hydrogen (secondary N) is 1. The Morgan fingerprint density at radius 3 is 2.52 bits per heavy atom. The average molecular weight is 453 g/mol. The van der Waals surface area contributed by atoms with Crippen LogP contribution in [0.5, 0.6) is 11.5 Å². The Balaban J connectivity index is 1.37. The van der Waals surface area contributed by atoms with E-state index in [4.69, 9.17) is 14.0 Å². The van der Waals surface area contributed by atoms with Crippen LogP contribution in [-0.2, 0) is 4.79 Å². The first-order chi connectivity index (χ1) is 16.0. The minimum atomic E-state index is -0.516. The molecule has 1 aliphatic rings. The highest BCUT2D eigenvalue weighted by Crippen LogP contribution is 2.31. The zero-order valence-electron chi connectivity index (χ0n) is 18.2. The first kappa shape index (κ1) is 22.1. The monoisotopic (exact) mass is 453 g/mol. The summed E-state index contributed by atoms with van der Waals surface area (Å²) < 4.78 is 15.8. The van der Waals surface area contributed by atoms with Gasteiger partial charge in [-0.05, 0) is 43.2 Å². The van der Waals surface area contributed by atoms with Crippen molar-refractivity contribution in [2.45, 2.75) is 12.8 Å². The molecule has 33 heavy (non-hydrogen) atoms. The van der Waals surface area contributed by atoms with Crippen molar-refractivity contribution < 1.29 is 23.7 Å². The molecule has 1 N–H and O–H groups in total. The van der Waals surface area contributed by atoms with E-state index in [0.717, 1.165) is 11.3 Å². The molecule has 172 valence electrons. The first-order valence-electron chi connectivity index (χ1n) is 10.3. The quantitative estimate of drug-likeness (QED) is 0.421. The normalized spacial score (nSPS) is 14.1. The minimum absolute atomic E-state index is 0.120. The van der Waals surface area contributed by atoms with E-state index in [9.17, 15) is 14.9 Å². The third kappa shape index (κ3) is 4.86. The van der Waals surface area contributed by atoms with Gasteiger partial charge in [-0.15, -0.1) is 0 Å². The molecule has 1 aliphatic heterocycles. The number of non-ortho nitro benzene ring substituents is 1. The Kier molecular flexibility index (Phi) is 6.38. The van der Waals surface area contributed by atoms with E-state index in [2.05, 4.69) is 15.5 Å². The van der Waals surface area contributed by atoms with Gasteiger partial charge in [-0.25, -0.2) is 0 Å². The summed E-state index contributed by atoms with van der Waals surface area (Å²) in [5, 5.41) is 17.9. The van der Waals surface area contributed by atoms with Gasteiger partial charge in [0.1, 0.15) is 11.5 Å². The van der Waals surface area contributed by atoms with Gasteiger partial charge in [0.25, 0.3) is 5.69 Å². The van der Waals surface area contributed by atoms with Crippen LogP contribution in [0, 0.1) is 16.0 Å². The number of carbonyl (C=O) groups excluding carboxylic acids is 1. The van der Waals surface area contributed by atoms with Crippen LogP contribution in [0.2, 0.25) is 0 Å². The van der Waals surface area contributed by atoms with Crippen LogP contribution in [0.15, 0.2) is 47.0 Å². The zero-order chi connectivity index (χ0) is 23.4. The summed E-state index contributed by atoms with van der Waals surface area (Å²) in [5.41, 5.74) is 0.969. The van der Waals surface area contributed by atoms with Crippen LogP contribution >= 0.6 is 0 Å². The van der Waals surface area contributed by atoms with E-state index in [1.165, 1.54) is 25.3 Å². The number of nitro groups is 1. The topological polar surface area (TPSA) is 133 Å². The van der Waals surface area contributed by atoms with Gasteiger partial charge in [-0.3, -0.25) is 14.9 Å². The number of nitro benzene ring substituents is 1. The number of benzene rings is 2. The van der Waals surface area contributed by atoms with Crippen LogP contribution in [0.4, 0.5) is 17.4 Å². The molecule has 0 unspecified atom stereocenters. The van der Waals surface area contributed by atoms with Crippen molar-refractivity contribution in [1.29, 1.82) is 0 Å².